The molecule has 0 spiro atoms. The van der Waals surface area contributed by atoms with Gasteiger partial charge >= 0.3 is 0 Å². The summed E-state index contributed by atoms with van der Waals surface area (Å²) in [5.74, 6) is 0.146. The van der Waals surface area contributed by atoms with E-state index < -0.39 is 0 Å². The first-order chi connectivity index (χ1) is 19.6. The third kappa shape index (κ3) is 7.83. The summed E-state index contributed by atoms with van der Waals surface area (Å²) in [6, 6.07) is 27.7. The van der Waals surface area contributed by atoms with Crippen LogP contribution in [0.25, 0.3) is 0 Å². The van der Waals surface area contributed by atoms with Crippen molar-refractivity contribution < 1.29 is 0 Å². The van der Waals surface area contributed by atoms with Crippen molar-refractivity contribution in [2.75, 3.05) is 54.0 Å². The van der Waals surface area contributed by atoms with Gasteiger partial charge in [-0.25, -0.2) is 0 Å². The number of nitrogens with zero attached hydrogens (tertiary/aromatic N) is 3. The van der Waals surface area contributed by atoms with Gasteiger partial charge in [-0.2, -0.15) is 0 Å². The molecule has 0 saturated carbocycles. The van der Waals surface area contributed by atoms with Crippen molar-refractivity contribution in [1.29, 1.82) is 0 Å². The predicted octanol–water partition coefficient (Wildman–Crippen LogP) is 9.75. The van der Waals surface area contributed by atoms with E-state index in [1.165, 1.54) is 33.8 Å². The normalized spacial score (nSPS) is 11.2. The van der Waals surface area contributed by atoms with Gasteiger partial charge in [0.15, 0.2) is 0 Å². The molecule has 0 N–H and O–H groups in total. The molecule has 0 bridgehead atoms. The summed E-state index contributed by atoms with van der Waals surface area (Å²) in [4.78, 5) is 7.87. The Morgan fingerprint density at radius 3 is 0.825 bits per heavy atom. The fourth-order valence-electron chi connectivity index (χ4n) is 6.24. The van der Waals surface area contributed by atoms with Gasteiger partial charge in [0.1, 0.15) is 0 Å². The minimum atomic E-state index is 0.146. The Labute approximate surface area is 246 Å². The van der Waals surface area contributed by atoms with Crippen LogP contribution in [0.2, 0.25) is 0 Å². The summed E-state index contributed by atoms with van der Waals surface area (Å²) in [7, 11) is 0. The monoisotopic (exact) mass is 541 g/mol. The van der Waals surface area contributed by atoms with E-state index >= 15 is 0 Å². The molecule has 3 aromatic rings. The molecule has 0 unspecified atom stereocenters. The van der Waals surface area contributed by atoms with Crippen molar-refractivity contribution in [1.82, 2.24) is 0 Å². The molecule has 0 aliphatic rings. The fraction of sp³-hybridized carbons (Fsp3) is 0.514. The number of rotatable bonds is 18. The van der Waals surface area contributed by atoms with Crippen LogP contribution in [0.1, 0.15) is 103 Å². The molecule has 0 aliphatic heterocycles. The molecule has 0 fully saturated rings. The van der Waals surface area contributed by atoms with Gasteiger partial charge in [0.25, 0.3) is 0 Å². The lowest BCUT2D eigenvalue weighted by atomic mass is 9.81. The SMILES string of the molecule is CCCN(CCC)c1ccccc1C(c1ccccc1N(CCC)CCC)c1ccccc1N(CCC)CCC. The lowest BCUT2D eigenvalue weighted by molar-refractivity contribution is 0.725. The third-order valence-corrected chi connectivity index (χ3v) is 7.73. The van der Waals surface area contributed by atoms with Gasteiger partial charge < -0.3 is 14.7 Å². The molecule has 0 saturated heterocycles. The fourth-order valence-corrected chi connectivity index (χ4v) is 6.24. The quantitative estimate of drug-likeness (QED) is 0.148. The molecular weight excluding hydrogens is 486 g/mol. The molecule has 3 heteroatoms. The summed E-state index contributed by atoms with van der Waals surface area (Å²) in [5.41, 5.74) is 8.42. The van der Waals surface area contributed by atoms with Crippen LogP contribution in [-0.4, -0.2) is 39.3 Å². The zero-order chi connectivity index (χ0) is 28.7. The Hall–Kier alpha value is -2.94. The maximum Gasteiger partial charge on any atom is 0.0408 e. The first-order valence-electron chi connectivity index (χ1n) is 16.2. The average molecular weight is 542 g/mol. The summed E-state index contributed by atoms with van der Waals surface area (Å²) >= 11 is 0. The molecule has 3 rings (SSSR count). The van der Waals surface area contributed by atoms with E-state index in [-0.39, 0.29) is 5.92 Å². The van der Waals surface area contributed by atoms with Crippen molar-refractivity contribution in [3.05, 3.63) is 89.5 Å². The predicted molar refractivity (Wildman–Crippen MR) is 179 cm³/mol. The van der Waals surface area contributed by atoms with Crippen LogP contribution in [0.3, 0.4) is 0 Å². The van der Waals surface area contributed by atoms with Crippen LogP contribution in [-0.2, 0) is 0 Å². The molecule has 0 radical (unpaired) electrons. The molecule has 0 amide bonds. The molecule has 218 valence electrons. The zero-order valence-electron chi connectivity index (χ0n) is 26.3. The Bertz CT molecular complexity index is 964. The Morgan fingerprint density at radius 2 is 0.600 bits per heavy atom. The van der Waals surface area contributed by atoms with Crippen LogP contribution in [0.5, 0.6) is 0 Å². The van der Waals surface area contributed by atoms with Gasteiger partial charge in [-0.1, -0.05) is 96.1 Å². The highest BCUT2D eigenvalue weighted by atomic mass is 15.1. The van der Waals surface area contributed by atoms with E-state index in [1.807, 2.05) is 0 Å². The van der Waals surface area contributed by atoms with E-state index in [0.717, 1.165) is 77.8 Å². The second-order valence-electron chi connectivity index (χ2n) is 11.1. The number of anilines is 3. The largest absolute Gasteiger partial charge is 0.371 e. The van der Waals surface area contributed by atoms with Crippen molar-refractivity contribution in [3.63, 3.8) is 0 Å². The molecule has 3 nitrogen and oxygen atoms in total. The molecule has 0 atom stereocenters. The molecule has 0 aromatic heterocycles. The van der Waals surface area contributed by atoms with Crippen molar-refractivity contribution in [2.24, 2.45) is 0 Å². The van der Waals surface area contributed by atoms with Crippen LogP contribution in [0.15, 0.2) is 72.8 Å². The number of para-hydroxylation sites is 3. The molecule has 0 heterocycles. The highest BCUT2D eigenvalue weighted by molar-refractivity contribution is 5.70. The number of benzene rings is 3. The van der Waals surface area contributed by atoms with Crippen LogP contribution < -0.4 is 14.7 Å². The van der Waals surface area contributed by atoms with Crippen molar-refractivity contribution in [3.8, 4) is 0 Å². The zero-order valence-corrected chi connectivity index (χ0v) is 26.3. The van der Waals surface area contributed by atoms with E-state index in [2.05, 4.69) is 129 Å². The van der Waals surface area contributed by atoms with Gasteiger partial charge in [-0.15, -0.1) is 0 Å². The highest BCUT2D eigenvalue weighted by Gasteiger charge is 2.28. The Morgan fingerprint density at radius 1 is 0.375 bits per heavy atom. The smallest absolute Gasteiger partial charge is 0.0408 e. The Balaban J connectivity index is 2.36. The lowest BCUT2D eigenvalue weighted by Crippen LogP contribution is -2.30. The second-order valence-corrected chi connectivity index (χ2v) is 11.1. The van der Waals surface area contributed by atoms with Gasteiger partial charge in [0.2, 0.25) is 0 Å². The molecule has 0 aliphatic carbocycles. The van der Waals surface area contributed by atoms with Gasteiger partial charge in [-0.3, -0.25) is 0 Å². The number of hydrogen-bond donors (Lipinski definition) is 0. The molecular formula is C37H55N3. The maximum atomic E-state index is 2.62. The minimum absolute atomic E-state index is 0.146. The van der Waals surface area contributed by atoms with Crippen molar-refractivity contribution in [2.45, 2.75) is 86.0 Å². The highest BCUT2D eigenvalue weighted by Crippen LogP contribution is 2.44. The Kier molecular flexibility index (Phi) is 13.4. The van der Waals surface area contributed by atoms with E-state index in [9.17, 15) is 0 Å². The summed E-state index contributed by atoms with van der Waals surface area (Å²) in [5, 5.41) is 0. The maximum absolute atomic E-state index is 2.62. The second kappa shape index (κ2) is 17.0. The van der Waals surface area contributed by atoms with E-state index in [4.69, 9.17) is 0 Å². The van der Waals surface area contributed by atoms with Crippen LogP contribution >= 0.6 is 0 Å². The standard InChI is InChI=1S/C37H55N3/c1-7-25-38(26-8-2)34-22-16-13-19-31(34)37(32-20-14-17-23-35(32)39(27-9-3)28-10-4)33-21-15-18-24-36(33)40(29-11-5)30-12-6/h13-24,37H,7-12,25-30H2,1-6H3. The van der Waals surface area contributed by atoms with Gasteiger partial charge in [-0.05, 0) is 73.4 Å². The summed E-state index contributed by atoms with van der Waals surface area (Å²) in [6.07, 6.45) is 6.88. The number of hydrogen-bond acceptors (Lipinski definition) is 3. The average Bonchev–Trinajstić information content (AvgIpc) is 2.98. The molecule has 3 aromatic carbocycles. The van der Waals surface area contributed by atoms with E-state index in [0.29, 0.717) is 0 Å². The van der Waals surface area contributed by atoms with Crippen LogP contribution in [0, 0.1) is 0 Å². The van der Waals surface area contributed by atoms with Gasteiger partial charge in [0.05, 0.1) is 0 Å². The third-order valence-electron chi connectivity index (χ3n) is 7.73. The van der Waals surface area contributed by atoms with Gasteiger partial charge in [0, 0.05) is 62.2 Å². The topological polar surface area (TPSA) is 9.72 Å². The summed E-state index contributed by atoms with van der Waals surface area (Å²) in [6.45, 7) is 20.3. The lowest BCUT2D eigenvalue weighted by Gasteiger charge is -2.35. The van der Waals surface area contributed by atoms with E-state index in [1.54, 1.807) is 0 Å². The minimum Gasteiger partial charge on any atom is -0.371 e. The summed E-state index contributed by atoms with van der Waals surface area (Å²) < 4.78 is 0. The first kappa shape index (κ1) is 31.6. The van der Waals surface area contributed by atoms with Crippen LogP contribution in [0.4, 0.5) is 17.1 Å². The molecule has 40 heavy (non-hydrogen) atoms. The van der Waals surface area contributed by atoms with Crippen molar-refractivity contribution >= 4 is 17.1 Å². The first-order valence-corrected chi connectivity index (χ1v) is 16.2.